The van der Waals surface area contributed by atoms with Gasteiger partial charge in [0.15, 0.2) is 0 Å². The average molecular weight is 211 g/mol. The topological polar surface area (TPSA) is 17.1 Å². The van der Waals surface area contributed by atoms with Crippen LogP contribution in [0.25, 0.3) is 0 Å². The van der Waals surface area contributed by atoms with Crippen LogP contribution in [0, 0.1) is 0 Å². The Bertz CT molecular complexity index is 240. The van der Waals surface area contributed by atoms with E-state index in [4.69, 9.17) is 34.8 Å². The van der Waals surface area contributed by atoms with Crippen LogP contribution >= 0.6 is 34.8 Å². The van der Waals surface area contributed by atoms with E-state index in [9.17, 15) is 4.79 Å². The van der Waals surface area contributed by atoms with E-state index in [-0.39, 0.29) is 6.42 Å². The van der Waals surface area contributed by atoms with Crippen LogP contribution in [-0.2, 0) is 4.79 Å². The zero-order valence-corrected chi connectivity index (χ0v) is 7.75. The highest BCUT2D eigenvalue weighted by molar-refractivity contribution is 6.68. The second-order valence-electron chi connectivity index (χ2n) is 2.26. The zero-order valence-electron chi connectivity index (χ0n) is 5.48. The molecule has 0 saturated heterocycles. The second-order valence-corrected chi connectivity index (χ2v) is 4.15. The van der Waals surface area contributed by atoms with Gasteiger partial charge in [-0.25, -0.2) is 0 Å². The largest absolute Gasteiger partial charge is 0.276 e. The van der Waals surface area contributed by atoms with E-state index >= 15 is 0 Å². The van der Waals surface area contributed by atoms with E-state index in [2.05, 4.69) is 0 Å². The van der Waals surface area contributed by atoms with Crippen LogP contribution < -0.4 is 0 Å². The predicted molar refractivity (Wildman–Crippen MR) is 47.1 cm³/mol. The Kier molecular flexibility index (Phi) is 2.63. The maximum absolute atomic E-state index is 10.6. The average Bonchev–Trinajstić information content (AvgIpc) is 1.85. The van der Waals surface area contributed by atoms with Crippen LogP contribution in [0.4, 0.5) is 0 Å². The molecular formula is C7H5Cl3O. The Labute approximate surface area is 79.6 Å². The number of halogens is 3. The van der Waals surface area contributed by atoms with Gasteiger partial charge in [-0.1, -0.05) is 35.4 Å². The van der Waals surface area contributed by atoms with Gasteiger partial charge in [0.25, 0.3) is 0 Å². The van der Waals surface area contributed by atoms with E-state index in [0.717, 1.165) is 0 Å². The van der Waals surface area contributed by atoms with Crippen LogP contribution in [0.15, 0.2) is 23.8 Å². The van der Waals surface area contributed by atoms with Gasteiger partial charge in [-0.3, -0.25) is 4.79 Å². The molecule has 1 nitrogen and oxygen atoms in total. The minimum absolute atomic E-state index is 0.273. The van der Waals surface area contributed by atoms with E-state index < -0.39 is 9.58 Å². The maximum Gasteiger partial charge on any atom is 0.248 e. The summed E-state index contributed by atoms with van der Waals surface area (Å²) in [6.07, 6.45) is 5.12. The van der Waals surface area contributed by atoms with Gasteiger partial charge in [0, 0.05) is 12.0 Å². The van der Waals surface area contributed by atoms with Crippen molar-refractivity contribution in [2.24, 2.45) is 0 Å². The molecule has 0 N–H and O–H groups in total. The molecule has 0 radical (unpaired) electrons. The van der Waals surface area contributed by atoms with Crippen molar-refractivity contribution in [3.8, 4) is 0 Å². The summed E-state index contributed by atoms with van der Waals surface area (Å²) in [7, 11) is 0. The van der Waals surface area contributed by atoms with Crippen molar-refractivity contribution in [2.75, 3.05) is 0 Å². The third-order valence-electron chi connectivity index (χ3n) is 1.32. The lowest BCUT2D eigenvalue weighted by molar-refractivity contribution is -0.108. The molecule has 0 amide bonds. The molecule has 0 aliphatic heterocycles. The number of carbonyl (C=O) groups excluding carboxylic acids is 1. The molecule has 60 valence electrons. The highest BCUT2D eigenvalue weighted by Gasteiger charge is 2.26. The number of hydrogen-bond donors (Lipinski definition) is 0. The molecule has 0 saturated carbocycles. The summed E-state index contributed by atoms with van der Waals surface area (Å²) in [5.74, 6) is 0. The molecule has 0 aromatic carbocycles. The molecule has 0 spiro atoms. The van der Waals surface area contributed by atoms with Crippen LogP contribution in [0.1, 0.15) is 6.42 Å². The van der Waals surface area contributed by atoms with Crippen molar-refractivity contribution in [1.82, 2.24) is 0 Å². The molecule has 0 atom stereocenters. The van der Waals surface area contributed by atoms with Crippen molar-refractivity contribution < 1.29 is 4.79 Å². The summed E-state index contributed by atoms with van der Waals surface area (Å²) in [5, 5.41) is -0.500. The minimum atomic E-state index is -0.978. The highest BCUT2D eigenvalue weighted by Crippen LogP contribution is 2.33. The molecule has 0 aromatic heterocycles. The Hall–Kier alpha value is 0.0200. The van der Waals surface area contributed by atoms with Gasteiger partial charge in [0.05, 0.1) is 0 Å². The summed E-state index contributed by atoms with van der Waals surface area (Å²) in [6, 6.07) is 0. The number of carbonyl (C=O) groups is 1. The highest BCUT2D eigenvalue weighted by atomic mass is 35.5. The van der Waals surface area contributed by atoms with Crippen LogP contribution in [0.2, 0.25) is 0 Å². The monoisotopic (exact) mass is 210 g/mol. The second kappa shape index (κ2) is 3.18. The molecule has 0 unspecified atom stereocenters. The first-order chi connectivity index (χ1) is 5.01. The van der Waals surface area contributed by atoms with Gasteiger partial charge in [0.2, 0.25) is 5.24 Å². The fourth-order valence-corrected chi connectivity index (χ4v) is 1.38. The SMILES string of the molecule is O=C(Cl)C1=CC=CC(Cl)(Cl)C1. The van der Waals surface area contributed by atoms with Gasteiger partial charge < -0.3 is 0 Å². The fraction of sp³-hybridized carbons (Fsp3) is 0.286. The van der Waals surface area contributed by atoms with Crippen molar-refractivity contribution in [1.29, 1.82) is 0 Å². The maximum atomic E-state index is 10.6. The molecule has 0 bridgehead atoms. The van der Waals surface area contributed by atoms with Crippen molar-refractivity contribution in [3.63, 3.8) is 0 Å². The summed E-state index contributed by atoms with van der Waals surface area (Å²) < 4.78 is -0.978. The third-order valence-corrected chi connectivity index (χ3v) is 2.08. The molecule has 4 heteroatoms. The Morgan fingerprint density at radius 3 is 2.55 bits per heavy atom. The smallest absolute Gasteiger partial charge is 0.248 e. The lowest BCUT2D eigenvalue weighted by Gasteiger charge is -2.17. The first-order valence-corrected chi connectivity index (χ1v) is 4.11. The first-order valence-electron chi connectivity index (χ1n) is 2.97. The quantitative estimate of drug-likeness (QED) is 0.481. The summed E-state index contributed by atoms with van der Waals surface area (Å²) >= 11 is 16.7. The lowest BCUT2D eigenvalue weighted by Crippen LogP contribution is -2.14. The number of alkyl halides is 2. The first kappa shape index (κ1) is 9.11. The molecule has 0 fully saturated rings. The minimum Gasteiger partial charge on any atom is -0.276 e. The predicted octanol–water partition coefficient (Wildman–Crippen LogP) is 2.81. The standard InChI is InChI=1S/C7H5Cl3O/c8-6(11)5-2-1-3-7(9,10)4-5/h1-3H,4H2. The van der Waals surface area contributed by atoms with Crippen molar-refractivity contribution >= 4 is 40.0 Å². The Morgan fingerprint density at radius 2 is 2.18 bits per heavy atom. The van der Waals surface area contributed by atoms with Crippen molar-refractivity contribution in [3.05, 3.63) is 23.8 Å². The van der Waals surface area contributed by atoms with Crippen molar-refractivity contribution in [2.45, 2.75) is 10.8 Å². The van der Waals surface area contributed by atoms with Crippen LogP contribution in [-0.4, -0.2) is 9.58 Å². The summed E-state index contributed by atoms with van der Waals surface area (Å²) in [4.78, 5) is 10.6. The fourth-order valence-electron chi connectivity index (χ4n) is 0.812. The van der Waals surface area contributed by atoms with Gasteiger partial charge in [0.1, 0.15) is 4.33 Å². The molecule has 1 aliphatic carbocycles. The van der Waals surface area contributed by atoms with E-state index in [0.29, 0.717) is 5.57 Å². The van der Waals surface area contributed by atoms with Gasteiger partial charge in [-0.15, -0.1) is 0 Å². The van der Waals surface area contributed by atoms with Gasteiger partial charge in [-0.05, 0) is 17.7 Å². The van der Waals surface area contributed by atoms with E-state index in [1.165, 1.54) is 0 Å². The number of allylic oxidation sites excluding steroid dienone is 4. The van der Waals surface area contributed by atoms with Crippen LogP contribution in [0.5, 0.6) is 0 Å². The van der Waals surface area contributed by atoms with Gasteiger partial charge in [-0.2, -0.15) is 0 Å². The summed E-state index contributed by atoms with van der Waals surface area (Å²) in [5.41, 5.74) is 0.444. The van der Waals surface area contributed by atoms with E-state index in [1.807, 2.05) is 0 Å². The van der Waals surface area contributed by atoms with E-state index in [1.54, 1.807) is 18.2 Å². The third kappa shape index (κ3) is 2.51. The Balaban J connectivity index is 2.81. The zero-order chi connectivity index (χ0) is 8.48. The summed E-state index contributed by atoms with van der Waals surface area (Å²) in [6.45, 7) is 0. The molecule has 1 aliphatic rings. The molecule has 1 rings (SSSR count). The Morgan fingerprint density at radius 1 is 1.55 bits per heavy atom. The number of rotatable bonds is 1. The molecule has 0 heterocycles. The van der Waals surface area contributed by atoms with Gasteiger partial charge >= 0.3 is 0 Å². The molecular weight excluding hydrogens is 206 g/mol. The molecule has 0 aromatic rings. The lowest BCUT2D eigenvalue weighted by atomic mass is 10.1. The number of hydrogen-bond acceptors (Lipinski definition) is 1. The normalized spacial score (nSPS) is 21.2. The van der Waals surface area contributed by atoms with Crippen LogP contribution in [0.3, 0.4) is 0 Å². The molecule has 11 heavy (non-hydrogen) atoms.